The van der Waals surface area contributed by atoms with Gasteiger partial charge in [-0.2, -0.15) is 0 Å². The van der Waals surface area contributed by atoms with Crippen molar-refractivity contribution >= 4 is 43.6 Å². The summed E-state index contributed by atoms with van der Waals surface area (Å²) in [6, 6.07) is 79.2. The van der Waals surface area contributed by atoms with Gasteiger partial charge in [-0.25, -0.2) is 15.0 Å². The molecule has 5 nitrogen and oxygen atoms in total. The van der Waals surface area contributed by atoms with E-state index in [-0.39, 0.29) is 0 Å². The molecule has 290 valence electrons. The standard InChI is InChI=1S/C57H37N5/c1-4-17-38(18-5-1)40-31-33-42(34-32-40)56-58-55(41-21-8-3-9-22-41)59-57(60-56)49-27-12-15-30-52(49)62-51-29-14-11-26-46(51)48-36-35-47-45-25-10-13-28-50(45)61(53(47)54(48)62)44-24-16-23-43(37-44)39-19-6-2-7-20-39/h1-37H. The van der Waals surface area contributed by atoms with Crippen LogP contribution in [0.1, 0.15) is 0 Å². The molecular formula is C57H37N5. The Morgan fingerprint density at radius 3 is 1.35 bits per heavy atom. The van der Waals surface area contributed by atoms with Gasteiger partial charge in [-0.05, 0) is 58.7 Å². The first-order valence-electron chi connectivity index (χ1n) is 21.0. The first-order valence-corrected chi connectivity index (χ1v) is 21.0. The predicted octanol–water partition coefficient (Wildman–Crippen LogP) is 14.4. The monoisotopic (exact) mass is 791 g/mol. The van der Waals surface area contributed by atoms with E-state index in [2.05, 4.69) is 209 Å². The normalized spacial score (nSPS) is 11.5. The van der Waals surface area contributed by atoms with Crippen LogP contribution >= 0.6 is 0 Å². The van der Waals surface area contributed by atoms with Gasteiger partial charge < -0.3 is 9.13 Å². The number of benzene rings is 9. The van der Waals surface area contributed by atoms with Gasteiger partial charge in [0.15, 0.2) is 17.5 Å². The first-order chi connectivity index (χ1) is 30.8. The minimum absolute atomic E-state index is 0.603. The minimum Gasteiger partial charge on any atom is -0.307 e. The molecular weight excluding hydrogens is 755 g/mol. The van der Waals surface area contributed by atoms with Crippen molar-refractivity contribution in [1.82, 2.24) is 24.1 Å². The fourth-order valence-electron chi connectivity index (χ4n) is 9.12. The van der Waals surface area contributed by atoms with Crippen LogP contribution in [0.3, 0.4) is 0 Å². The van der Waals surface area contributed by atoms with Gasteiger partial charge in [-0.3, -0.25) is 0 Å². The van der Waals surface area contributed by atoms with Gasteiger partial charge in [0.05, 0.1) is 27.8 Å². The summed E-state index contributed by atoms with van der Waals surface area (Å²) in [5.41, 5.74) is 14.0. The Morgan fingerprint density at radius 1 is 0.274 bits per heavy atom. The summed E-state index contributed by atoms with van der Waals surface area (Å²) in [5.74, 6) is 1.84. The Balaban J connectivity index is 1.13. The van der Waals surface area contributed by atoms with Crippen molar-refractivity contribution in [3.8, 4) is 67.8 Å². The molecule has 0 aliphatic heterocycles. The second-order valence-electron chi connectivity index (χ2n) is 15.6. The maximum atomic E-state index is 5.29. The van der Waals surface area contributed by atoms with Crippen molar-refractivity contribution < 1.29 is 0 Å². The fourth-order valence-corrected chi connectivity index (χ4v) is 9.12. The molecule has 0 unspecified atom stereocenters. The Kier molecular flexibility index (Phi) is 8.42. The molecule has 0 fully saturated rings. The number of fused-ring (bicyclic) bond motifs is 7. The number of para-hydroxylation sites is 3. The van der Waals surface area contributed by atoms with Crippen molar-refractivity contribution in [2.45, 2.75) is 0 Å². The molecule has 0 amide bonds. The highest BCUT2D eigenvalue weighted by Gasteiger charge is 2.24. The number of hydrogen-bond acceptors (Lipinski definition) is 3. The summed E-state index contributed by atoms with van der Waals surface area (Å²) >= 11 is 0. The lowest BCUT2D eigenvalue weighted by atomic mass is 10.0. The van der Waals surface area contributed by atoms with Crippen LogP contribution in [0, 0.1) is 0 Å². The van der Waals surface area contributed by atoms with Crippen LogP contribution in [0.4, 0.5) is 0 Å². The van der Waals surface area contributed by atoms with Crippen molar-refractivity contribution in [2.75, 3.05) is 0 Å². The van der Waals surface area contributed by atoms with Crippen LogP contribution < -0.4 is 0 Å². The third-order valence-corrected chi connectivity index (χ3v) is 12.0. The quantitative estimate of drug-likeness (QED) is 0.162. The first kappa shape index (κ1) is 35.5. The maximum absolute atomic E-state index is 5.29. The van der Waals surface area contributed by atoms with E-state index < -0.39 is 0 Å². The molecule has 9 aromatic carbocycles. The van der Waals surface area contributed by atoms with Gasteiger partial charge in [-0.15, -0.1) is 0 Å². The smallest absolute Gasteiger partial charge is 0.166 e. The highest BCUT2D eigenvalue weighted by Crippen LogP contribution is 2.43. The summed E-state index contributed by atoms with van der Waals surface area (Å²) in [4.78, 5) is 15.6. The van der Waals surface area contributed by atoms with E-state index in [4.69, 9.17) is 15.0 Å². The van der Waals surface area contributed by atoms with E-state index in [1.807, 2.05) is 24.3 Å². The lowest BCUT2D eigenvalue weighted by Crippen LogP contribution is -2.04. The zero-order valence-electron chi connectivity index (χ0n) is 33.6. The molecule has 12 rings (SSSR count). The second-order valence-corrected chi connectivity index (χ2v) is 15.6. The third kappa shape index (κ3) is 5.90. The molecule has 0 atom stereocenters. The highest BCUT2D eigenvalue weighted by molar-refractivity contribution is 6.24. The summed E-state index contributed by atoms with van der Waals surface area (Å²) in [6.07, 6.45) is 0. The average Bonchev–Trinajstić information content (AvgIpc) is 3.88. The molecule has 5 heteroatoms. The number of nitrogens with zero attached hydrogens (tertiary/aromatic N) is 5. The molecule has 12 aromatic rings. The largest absolute Gasteiger partial charge is 0.307 e. The van der Waals surface area contributed by atoms with Crippen molar-refractivity contribution in [3.63, 3.8) is 0 Å². The third-order valence-electron chi connectivity index (χ3n) is 12.0. The summed E-state index contributed by atoms with van der Waals surface area (Å²) in [6.45, 7) is 0. The molecule has 0 radical (unpaired) electrons. The zero-order valence-corrected chi connectivity index (χ0v) is 33.6. The van der Waals surface area contributed by atoms with Crippen LogP contribution in [0.2, 0.25) is 0 Å². The summed E-state index contributed by atoms with van der Waals surface area (Å²) in [7, 11) is 0. The van der Waals surface area contributed by atoms with E-state index in [0.29, 0.717) is 17.5 Å². The van der Waals surface area contributed by atoms with Crippen LogP contribution in [0.5, 0.6) is 0 Å². The van der Waals surface area contributed by atoms with Crippen molar-refractivity contribution in [1.29, 1.82) is 0 Å². The Labute approximate surface area is 358 Å². The van der Waals surface area contributed by atoms with E-state index >= 15 is 0 Å². The predicted molar refractivity (Wildman–Crippen MR) is 256 cm³/mol. The lowest BCUT2D eigenvalue weighted by Gasteiger charge is -2.16. The number of rotatable bonds is 7. The van der Waals surface area contributed by atoms with Crippen LogP contribution in [-0.4, -0.2) is 24.1 Å². The molecule has 62 heavy (non-hydrogen) atoms. The van der Waals surface area contributed by atoms with Gasteiger partial charge >= 0.3 is 0 Å². The van der Waals surface area contributed by atoms with E-state index in [1.165, 1.54) is 32.7 Å². The molecule has 0 bridgehead atoms. The maximum Gasteiger partial charge on any atom is 0.166 e. The summed E-state index contributed by atoms with van der Waals surface area (Å²) < 4.78 is 4.88. The fraction of sp³-hybridized carbons (Fsp3) is 0. The summed E-state index contributed by atoms with van der Waals surface area (Å²) in [5, 5.41) is 4.74. The average molecular weight is 792 g/mol. The second kappa shape index (κ2) is 14.7. The van der Waals surface area contributed by atoms with Gasteiger partial charge in [0.1, 0.15) is 0 Å². The minimum atomic E-state index is 0.603. The Hall–Kier alpha value is -8.41. The highest BCUT2D eigenvalue weighted by atomic mass is 15.1. The number of aromatic nitrogens is 5. The Morgan fingerprint density at radius 2 is 0.710 bits per heavy atom. The Bertz CT molecular complexity index is 3610. The molecule has 3 aromatic heterocycles. The molecule has 0 aliphatic carbocycles. The van der Waals surface area contributed by atoms with Crippen LogP contribution in [-0.2, 0) is 0 Å². The lowest BCUT2D eigenvalue weighted by molar-refractivity contribution is 1.06. The number of hydrogen-bond donors (Lipinski definition) is 0. The van der Waals surface area contributed by atoms with E-state index in [9.17, 15) is 0 Å². The molecule has 0 spiro atoms. The van der Waals surface area contributed by atoms with E-state index in [1.54, 1.807) is 0 Å². The van der Waals surface area contributed by atoms with Gasteiger partial charge in [-0.1, -0.05) is 188 Å². The molecule has 3 heterocycles. The SMILES string of the molecule is c1ccc(-c2ccc(-c3nc(-c4ccccc4)nc(-c4ccccc4-n4c5ccccc5c5ccc6c7ccccc7n(-c7cccc(-c8ccccc8)c7)c6c54)n3)cc2)cc1. The van der Waals surface area contributed by atoms with Gasteiger partial charge in [0.25, 0.3) is 0 Å². The van der Waals surface area contributed by atoms with Crippen molar-refractivity contribution in [2.24, 2.45) is 0 Å². The van der Waals surface area contributed by atoms with Crippen LogP contribution in [0.25, 0.3) is 111 Å². The van der Waals surface area contributed by atoms with Crippen LogP contribution in [0.15, 0.2) is 224 Å². The molecule has 0 aliphatic rings. The zero-order chi connectivity index (χ0) is 41.0. The molecule has 0 saturated carbocycles. The van der Waals surface area contributed by atoms with E-state index in [0.717, 1.165) is 61.3 Å². The van der Waals surface area contributed by atoms with Crippen molar-refractivity contribution in [3.05, 3.63) is 224 Å². The van der Waals surface area contributed by atoms with Gasteiger partial charge in [0, 0.05) is 43.9 Å². The molecule has 0 N–H and O–H groups in total. The molecule has 0 saturated heterocycles. The van der Waals surface area contributed by atoms with Gasteiger partial charge in [0.2, 0.25) is 0 Å². The topological polar surface area (TPSA) is 48.5 Å².